The van der Waals surface area contributed by atoms with Crippen LogP contribution < -0.4 is 4.74 Å². The van der Waals surface area contributed by atoms with Crippen LogP contribution in [0.5, 0.6) is 11.5 Å². The van der Waals surface area contributed by atoms with E-state index < -0.39 is 5.60 Å². The van der Waals surface area contributed by atoms with E-state index in [0.29, 0.717) is 46.8 Å². The van der Waals surface area contributed by atoms with Crippen molar-refractivity contribution in [3.63, 3.8) is 0 Å². The van der Waals surface area contributed by atoms with Crippen LogP contribution in [0.15, 0.2) is 32.7 Å². The Kier molecular flexibility index (Phi) is 5.23. The van der Waals surface area contributed by atoms with Crippen molar-refractivity contribution in [3.05, 3.63) is 43.9 Å². The summed E-state index contributed by atoms with van der Waals surface area (Å²) in [5.74, 6) is 0.0365. The van der Waals surface area contributed by atoms with Crippen LogP contribution in [-0.4, -0.2) is 34.5 Å². The molecule has 1 fully saturated rings. The number of phenolic OH excluding ortho intramolecular Hbond substituents is 1. The molecule has 7 heteroatoms. The Bertz CT molecular complexity index is 907. The number of aromatic hydroxyl groups is 1. The highest BCUT2D eigenvalue weighted by atomic mass is 79.9. The second kappa shape index (κ2) is 7.27. The summed E-state index contributed by atoms with van der Waals surface area (Å²) < 4.78 is 12.8. The van der Waals surface area contributed by atoms with Crippen molar-refractivity contribution in [2.24, 2.45) is 0 Å². The van der Waals surface area contributed by atoms with E-state index in [4.69, 9.17) is 9.47 Å². The molecule has 3 unspecified atom stereocenters. The van der Waals surface area contributed by atoms with E-state index in [-0.39, 0.29) is 30.3 Å². The lowest BCUT2D eigenvalue weighted by Crippen LogP contribution is -2.31. The number of aliphatic hydroxyl groups excluding tert-OH is 1. The first-order valence-corrected chi connectivity index (χ1v) is 11.0. The molecule has 1 saturated heterocycles. The summed E-state index contributed by atoms with van der Waals surface area (Å²) >= 11 is 6.99. The van der Waals surface area contributed by atoms with Gasteiger partial charge in [-0.05, 0) is 70.0 Å². The van der Waals surface area contributed by atoms with Crippen molar-refractivity contribution < 1.29 is 24.5 Å². The predicted molar refractivity (Wildman–Crippen MR) is 112 cm³/mol. The molecule has 3 atom stereocenters. The summed E-state index contributed by atoms with van der Waals surface area (Å²) in [5, 5.41) is 20.5. The van der Waals surface area contributed by atoms with Gasteiger partial charge < -0.3 is 19.7 Å². The monoisotopic (exact) mass is 512 g/mol. The zero-order valence-electron chi connectivity index (χ0n) is 15.6. The van der Waals surface area contributed by atoms with Gasteiger partial charge in [-0.15, -0.1) is 0 Å². The van der Waals surface area contributed by atoms with Crippen molar-refractivity contribution in [3.8, 4) is 11.5 Å². The van der Waals surface area contributed by atoms with Crippen molar-refractivity contribution in [1.82, 2.24) is 0 Å². The highest BCUT2D eigenvalue weighted by Crippen LogP contribution is 2.55. The Morgan fingerprint density at radius 3 is 2.82 bits per heavy atom. The summed E-state index contributed by atoms with van der Waals surface area (Å²) in [4.78, 5) is 13.0. The van der Waals surface area contributed by atoms with E-state index in [1.54, 1.807) is 0 Å². The molecule has 4 rings (SSSR count). The maximum absolute atomic E-state index is 13.0. The fourth-order valence-electron chi connectivity index (χ4n) is 4.33. The number of phenols is 1. The van der Waals surface area contributed by atoms with E-state index in [2.05, 4.69) is 38.4 Å². The number of carbonyl (C=O) groups is 1. The maximum atomic E-state index is 13.0. The lowest BCUT2D eigenvalue weighted by atomic mass is 9.85. The maximum Gasteiger partial charge on any atom is 0.346 e. The van der Waals surface area contributed by atoms with E-state index in [1.165, 1.54) is 0 Å². The van der Waals surface area contributed by atoms with Gasteiger partial charge in [-0.25, -0.2) is 4.79 Å². The van der Waals surface area contributed by atoms with E-state index in [0.717, 1.165) is 22.3 Å². The van der Waals surface area contributed by atoms with Crippen LogP contribution in [0.3, 0.4) is 0 Å². The molecule has 1 aromatic carbocycles. The van der Waals surface area contributed by atoms with E-state index in [9.17, 15) is 15.0 Å². The average molecular weight is 514 g/mol. The molecule has 150 valence electrons. The van der Waals surface area contributed by atoms with Crippen LogP contribution in [0.4, 0.5) is 0 Å². The number of rotatable bonds is 2. The molecule has 1 spiro atoms. The molecule has 3 aliphatic rings. The Morgan fingerprint density at radius 1 is 1.39 bits per heavy atom. The van der Waals surface area contributed by atoms with Crippen LogP contribution in [0.1, 0.15) is 49.7 Å². The fraction of sp³-hybridized carbons (Fsp3) is 0.476. The molecule has 0 amide bonds. The zero-order chi connectivity index (χ0) is 20.2. The topological polar surface area (TPSA) is 79.3 Å². The van der Waals surface area contributed by atoms with Crippen molar-refractivity contribution >= 4 is 37.8 Å². The van der Waals surface area contributed by atoms with E-state index >= 15 is 0 Å². The highest BCUT2D eigenvalue weighted by Gasteiger charge is 2.65. The van der Waals surface area contributed by atoms with Gasteiger partial charge in [0.15, 0.2) is 5.60 Å². The molecule has 3 aliphatic heterocycles. The Balaban J connectivity index is 1.95. The van der Waals surface area contributed by atoms with Crippen molar-refractivity contribution in [2.75, 3.05) is 6.61 Å². The lowest BCUT2D eigenvalue weighted by Gasteiger charge is -2.26. The summed E-state index contributed by atoms with van der Waals surface area (Å²) in [5.41, 5.74) is 2.36. The van der Waals surface area contributed by atoms with Gasteiger partial charge in [-0.1, -0.05) is 18.2 Å². The number of halogens is 2. The minimum absolute atomic E-state index is 0.0183. The zero-order valence-corrected chi connectivity index (χ0v) is 18.7. The standard InChI is InChI=1S/C21H22Br2O5/c1-10(2)12-6-5-11(9-24)4-3-7-21-14(28-21)8-13-16(22)18(25)17(23)15(12)19(13)27-20(21)26/h4,12,14,24-25H,1,3,5-9H2,2H3/b11-4-. The van der Waals surface area contributed by atoms with Crippen molar-refractivity contribution in [1.29, 1.82) is 0 Å². The number of allylic oxidation sites excluding steroid dienone is 2. The van der Waals surface area contributed by atoms with Gasteiger partial charge in [0.2, 0.25) is 0 Å². The molecular weight excluding hydrogens is 492 g/mol. The number of esters is 1. The normalized spacial score (nSPS) is 30.9. The molecule has 0 aliphatic carbocycles. The Labute approximate surface area is 180 Å². The molecule has 2 bridgehead atoms. The van der Waals surface area contributed by atoms with Crippen LogP contribution in [-0.2, 0) is 16.0 Å². The second-order valence-corrected chi connectivity index (χ2v) is 9.37. The second-order valence-electron chi connectivity index (χ2n) is 7.78. The summed E-state index contributed by atoms with van der Waals surface area (Å²) in [7, 11) is 0. The number of hydrogen-bond acceptors (Lipinski definition) is 5. The van der Waals surface area contributed by atoms with Gasteiger partial charge in [-0.3, -0.25) is 0 Å². The molecule has 1 aromatic rings. The van der Waals surface area contributed by atoms with Gasteiger partial charge in [0, 0.05) is 23.5 Å². The third kappa shape index (κ3) is 3.07. The Hall–Kier alpha value is -1.15. The molecular formula is C21H22Br2O5. The first-order valence-electron chi connectivity index (χ1n) is 9.37. The molecule has 0 saturated carbocycles. The number of benzene rings is 1. The number of ether oxygens (including phenoxy) is 2. The van der Waals surface area contributed by atoms with Gasteiger partial charge in [0.25, 0.3) is 0 Å². The van der Waals surface area contributed by atoms with Gasteiger partial charge >= 0.3 is 5.97 Å². The first-order chi connectivity index (χ1) is 13.3. The van der Waals surface area contributed by atoms with Gasteiger partial charge in [-0.2, -0.15) is 0 Å². The number of hydrogen-bond donors (Lipinski definition) is 2. The van der Waals surface area contributed by atoms with Crippen LogP contribution in [0.25, 0.3) is 0 Å². The number of fused-ring (bicyclic) bond motifs is 1. The first kappa shape index (κ1) is 20.1. The van der Waals surface area contributed by atoms with Crippen LogP contribution >= 0.6 is 31.9 Å². The van der Waals surface area contributed by atoms with E-state index in [1.807, 2.05) is 13.0 Å². The molecule has 5 nitrogen and oxygen atoms in total. The third-order valence-electron chi connectivity index (χ3n) is 6.03. The molecule has 2 N–H and O–H groups in total. The summed E-state index contributed by atoms with van der Waals surface area (Å²) in [6.45, 7) is 6.05. The summed E-state index contributed by atoms with van der Waals surface area (Å²) in [6, 6.07) is 0. The van der Waals surface area contributed by atoms with Crippen LogP contribution in [0, 0.1) is 0 Å². The largest absolute Gasteiger partial charge is 0.506 e. The molecule has 28 heavy (non-hydrogen) atoms. The number of epoxide rings is 1. The smallest absolute Gasteiger partial charge is 0.346 e. The lowest BCUT2D eigenvalue weighted by molar-refractivity contribution is -0.140. The van der Waals surface area contributed by atoms with Crippen LogP contribution in [0.2, 0.25) is 0 Å². The van der Waals surface area contributed by atoms with Gasteiger partial charge in [0.05, 0.1) is 15.6 Å². The predicted octanol–water partition coefficient (Wildman–Crippen LogP) is 4.67. The molecule has 0 radical (unpaired) electrons. The van der Waals surface area contributed by atoms with Crippen molar-refractivity contribution in [2.45, 2.75) is 56.7 Å². The summed E-state index contributed by atoms with van der Waals surface area (Å²) in [6.07, 6.45) is 4.74. The highest BCUT2D eigenvalue weighted by molar-refractivity contribution is 9.11. The van der Waals surface area contributed by atoms with Gasteiger partial charge in [0.1, 0.15) is 17.6 Å². The minimum atomic E-state index is -0.952. The molecule has 0 aromatic heterocycles. The number of aliphatic hydroxyl groups is 1. The average Bonchev–Trinajstić information content (AvgIpc) is 3.37. The fourth-order valence-corrected chi connectivity index (χ4v) is 5.80. The quantitative estimate of drug-likeness (QED) is 0.260. The SMILES string of the molecule is C=C(C)C1CC/C(CO)=C/CCC23OC2Cc2c(Br)c(O)c(Br)c1c2OC3=O. The Morgan fingerprint density at radius 2 is 2.14 bits per heavy atom. The molecule has 3 heterocycles. The third-order valence-corrected chi connectivity index (χ3v) is 7.69. The minimum Gasteiger partial charge on any atom is -0.506 e. The number of carbonyl (C=O) groups excluding carboxylic acids is 1.